The quantitative estimate of drug-likeness (QED) is 0.464. The van der Waals surface area contributed by atoms with Gasteiger partial charge in [0.15, 0.2) is 0 Å². The smallest absolute Gasteiger partial charge is 0.263 e. The highest BCUT2D eigenvalue weighted by atomic mass is 127. The monoisotopic (exact) mass is 354 g/mol. The van der Waals surface area contributed by atoms with Gasteiger partial charge in [0.2, 0.25) is 0 Å². The fourth-order valence-corrected chi connectivity index (χ4v) is 3.18. The number of hydrogen-bond donors (Lipinski definition) is 0. The molecule has 0 unspecified atom stereocenters. The molecule has 0 saturated carbocycles. The molecule has 0 aliphatic carbocycles. The van der Waals surface area contributed by atoms with Gasteiger partial charge in [-0.15, -0.1) is 0 Å². The zero-order valence-corrected chi connectivity index (χ0v) is 12.2. The van der Waals surface area contributed by atoms with Crippen molar-refractivity contribution in [2.45, 2.75) is 35.2 Å². The summed E-state index contributed by atoms with van der Waals surface area (Å²) in [6.07, 6.45) is 0.421. The van der Waals surface area contributed by atoms with Crippen molar-refractivity contribution in [3.05, 3.63) is 30.3 Å². The van der Waals surface area contributed by atoms with Crippen LogP contribution in [0, 0.1) is 0 Å². The summed E-state index contributed by atoms with van der Waals surface area (Å²) >= 11 is 2.25. The van der Waals surface area contributed by atoms with E-state index >= 15 is 0 Å². The molecule has 3 nitrogen and oxygen atoms in total. The minimum Gasteiger partial charge on any atom is -0.263 e. The van der Waals surface area contributed by atoms with Crippen LogP contribution in [0.5, 0.6) is 0 Å². The Kier molecular flexibility index (Phi) is 5.20. The van der Waals surface area contributed by atoms with Crippen LogP contribution in [-0.2, 0) is 14.3 Å². The topological polar surface area (TPSA) is 43.4 Å². The summed E-state index contributed by atoms with van der Waals surface area (Å²) in [5, 5.41) is 0. The van der Waals surface area contributed by atoms with Gasteiger partial charge in [-0.25, -0.2) is 0 Å². The van der Waals surface area contributed by atoms with Gasteiger partial charge in [0.25, 0.3) is 10.1 Å². The molecule has 0 aromatic heterocycles. The van der Waals surface area contributed by atoms with E-state index in [1.807, 2.05) is 6.92 Å². The van der Waals surface area contributed by atoms with Crippen molar-refractivity contribution in [2.75, 3.05) is 0 Å². The van der Waals surface area contributed by atoms with Crippen molar-refractivity contribution in [1.82, 2.24) is 0 Å². The first kappa shape index (κ1) is 13.9. The average Bonchev–Trinajstić information content (AvgIpc) is 2.16. The Hall–Kier alpha value is -0.140. The van der Waals surface area contributed by atoms with Gasteiger partial charge in [-0.2, -0.15) is 8.42 Å². The van der Waals surface area contributed by atoms with Gasteiger partial charge < -0.3 is 0 Å². The maximum absolute atomic E-state index is 11.8. The van der Waals surface area contributed by atoms with Crippen LogP contribution in [0.2, 0.25) is 0 Å². The summed E-state index contributed by atoms with van der Waals surface area (Å²) in [7, 11) is -3.61. The largest absolute Gasteiger partial charge is 0.297 e. The zero-order valence-electron chi connectivity index (χ0n) is 9.26. The third-order valence-electron chi connectivity index (χ3n) is 1.98. The van der Waals surface area contributed by atoms with Crippen LogP contribution < -0.4 is 0 Å². The predicted octanol–water partition coefficient (Wildman–Crippen LogP) is 2.99. The predicted molar refractivity (Wildman–Crippen MR) is 72.3 cm³/mol. The standard InChI is InChI=1S/C11H15IO3S/c1-9(12)8-10(2)15-16(13,14)11-6-4-3-5-7-11/h3-7,9-10H,8H2,1-2H3/t9-,10-/m1/s1. The van der Waals surface area contributed by atoms with Gasteiger partial charge in [-0.05, 0) is 25.5 Å². The first-order chi connectivity index (χ1) is 7.42. The van der Waals surface area contributed by atoms with Gasteiger partial charge in [0.05, 0.1) is 11.0 Å². The Labute approximate surface area is 110 Å². The van der Waals surface area contributed by atoms with E-state index in [9.17, 15) is 8.42 Å². The lowest BCUT2D eigenvalue weighted by atomic mass is 10.2. The SMILES string of the molecule is C[C@H](C[C@@H](C)I)OS(=O)(=O)c1ccccc1. The van der Waals surface area contributed by atoms with E-state index in [2.05, 4.69) is 22.6 Å². The highest BCUT2D eigenvalue weighted by molar-refractivity contribution is 14.1. The molecule has 2 atom stereocenters. The first-order valence-electron chi connectivity index (χ1n) is 5.04. The Balaban J connectivity index is 2.73. The summed E-state index contributed by atoms with van der Waals surface area (Å²) in [5.41, 5.74) is 0. The molecule has 1 aromatic rings. The number of halogens is 1. The minimum absolute atomic E-state index is 0.211. The average molecular weight is 354 g/mol. The second-order valence-electron chi connectivity index (χ2n) is 3.69. The minimum atomic E-state index is -3.61. The molecule has 0 aliphatic rings. The van der Waals surface area contributed by atoms with E-state index in [1.165, 1.54) is 12.1 Å². The molecular weight excluding hydrogens is 339 g/mol. The summed E-state index contributed by atoms with van der Waals surface area (Å²) < 4.78 is 29.1. The van der Waals surface area contributed by atoms with E-state index in [-0.39, 0.29) is 11.0 Å². The first-order valence-corrected chi connectivity index (χ1v) is 7.69. The molecular formula is C11H15IO3S. The van der Waals surface area contributed by atoms with Crippen LogP contribution in [0.4, 0.5) is 0 Å². The number of benzene rings is 1. The molecule has 0 fully saturated rings. The lowest BCUT2D eigenvalue weighted by Gasteiger charge is -2.14. The fourth-order valence-electron chi connectivity index (χ4n) is 1.36. The Morgan fingerprint density at radius 2 is 1.81 bits per heavy atom. The molecule has 0 bridgehead atoms. The Bertz CT molecular complexity index is 414. The third-order valence-corrected chi connectivity index (χ3v) is 3.92. The van der Waals surface area contributed by atoms with Gasteiger partial charge in [0, 0.05) is 3.92 Å². The number of rotatable bonds is 5. The van der Waals surface area contributed by atoms with E-state index in [4.69, 9.17) is 4.18 Å². The lowest BCUT2D eigenvalue weighted by molar-refractivity contribution is 0.220. The molecule has 1 rings (SSSR count). The van der Waals surface area contributed by atoms with Gasteiger partial charge in [-0.1, -0.05) is 47.7 Å². The van der Waals surface area contributed by atoms with Crippen molar-refractivity contribution >= 4 is 32.7 Å². The molecule has 0 spiro atoms. The van der Waals surface area contributed by atoms with Crippen molar-refractivity contribution < 1.29 is 12.6 Å². The lowest BCUT2D eigenvalue weighted by Crippen LogP contribution is -2.18. The van der Waals surface area contributed by atoms with Crippen molar-refractivity contribution in [3.8, 4) is 0 Å². The molecule has 0 amide bonds. The van der Waals surface area contributed by atoms with Crippen LogP contribution in [0.15, 0.2) is 35.2 Å². The summed E-state index contributed by atoms with van der Waals surface area (Å²) in [5.74, 6) is 0. The molecule has 0 aliphatic heterocycles. The van der Waals surface area contributed by atoms with Crippen LogP contribution in [-0.4, -0.2) is 18.4 Å². The molecule has 0 saturated heterocycles. The van der Waals surface area contributed by atoms with Crippen LogP contribution in [0.3, 0.4) is 0 Å². The van der Waals surface area contributed by atoms with E-state index in [1.54, 1.807) is 25.1 Å². The maximum atomic E-state index is 11.8. The highest BCUT2D eigenvalue weighted by Crippen LogP contribution is 2.17. The highest BCUT2D eigenvalue weighted by Gasteiger charge is 2.19. The normalized spacial score (nSPS) is 15.7. The van der Waals surface area contributed by atoms with E-state index in [0.29, 0.717) is 10.3 Å². The van der Waals surface area contributed by atoms with Crippen LogP contribution >= 0.6 is 22.6 Å². The van der Waals surface area contributed by atoms with Gasteiger partial charge in [-0.3, -0.25) is 4.18 Å². The van der Waals surface area contributed by atoms with Crippen LogP contribution in [0.25, 0.3) is 0 Å². The molecule has 0 N–H and O–H groups in total. The molecule has 0 heterocycles. The summed E-state index contributed by atoms with van der Waals surface area (Å²) in [6, 6.07) is 8.21. The molecule has 0 radical (unpaired) electrons. The van der Waals surface area contributed by atoms with Crippen molar-refractivity contribution in [2.24, 2.45) is 0 Å². The maximum Gasteiger partial charge on any atom is 0.297 e. The van der Waals surface area contributed by atoms with E-state index in [0.717, 1.165) is 0 Å². The molecule has 16 heavy (non-hydrogen) atoms. The second-order valence-corrected chi connectivity index (χ2v) is 7.39. The summed E-state index contributed by atoms with van der Waals surface area (Å²) in [6.45, 7) is 3.80. The molecule has 5 heteroatoms. The van der Waals surface area contributed by atoms with E-state index < -0.39 is 10.1 Å². The third kappa shape index (κ3) is 4.39. The van der Waals surface area contributed by atoms with Gasteiger partial charge >= 0.3 is 0 Å². The molecule has 90 valence electrons. The Morgan fingerprint density at radius 3 is 2.31 bits per heavy atom. The zero-order chi connectivity index (χ0) is 12.2. The number of hydrogen-bond acceptors (Lipinski definition) is 3. The van der Waals surface area contributed by atoms with Gasteiger partial charge in [0.1, 0.15) is 0 Å². The number of alkyl halides is 1. The second kappa shape index (κ2) is 5.97. The fraction of sp³-hybridized carbons (Fsp3) is 0.455. The summed E-state index contributed by atoms with van der Waals surface area (Å²) in [4.78, 5) is 0.211. The van der Waals surface area contributed by atoms with Crippen molar-refractivity contribution in [3.63, 3.8) is 0 Å². The van der Waals surface area contributed by atoms with Crippen molar-refractivity contribution in [1.29, 1.82) is 0 Å². The Morgan fingerprint density at radius 1 is 1.25 bits per heavy atom. The molecule has 1 aromatic carbocycles. The van der Waals surface area contributed by atoms with Crippen LogP contribution in [0.1, 0.15) is 20.3 Å².